The van der Waals surface area contributed by atoms with Crippen molar-refractivity contribution < 1.29 is 13.2 Å². The monoisotopic (exact) mass is 341 g/mol. The van der Waals surface area contributed by atoms with Crippen molar-refractivity contribution in [2.24, 2.45) is 0 Å². The lowest BCUT2D eigenvalue weighted by Crippen LogP contribution is -2.22. The van der Waals surface area contributed by atoms with E-state index >= 15 is 0 Å². The summed E-state index contributed by atoms with van der Waals surface area (Å²) in [5, 5.41) is 7.23. The van der Waals surface area contributed by atoms with Gasteiger partial charge in [0.15, 0.2) is 5.65 Å². The lowest BCUT2D eigenvalue weighted by atomic mass is 10.1. The molecule has 3 nitrogen and oxygen atoms in total. The van der Waals surface area contributed by atoms with E-state index in [1.165, 1.54) is 16.8 Å². The van der Waals surface area contributed by atoms with Gasteiger partial charge in [0.1, 0.15) is 12.1 Å². The summed E-state index contributed by atoms with van der Waals surface area (Å²) in [5.74, 6) is -3.57. The summed E-state index contributed by atoms with van der Waals surface area (Å²) in [6.07, 6.45) is 1.80. The van der Waals surface area contributed by atoms with Crippen LogP contribution >= 0.6 is 22.6 Å². The Balaban J connectivity index is 2.40. The van der Waals surface area contributed by atoms with Gasteiger partial charge in [-0.3, -0.25) is 4.40 Å². The van der Waals surface area contributed by atoms with Crippen LogP contribution in [-0.4, -0.2) is 24.9 Å². The molecule has 0 aliphatic heterocycles. The number of hydrogen-bond acceptors (Lipinski definition) is 2. The van der Waals surface area contributed by atoms with Crippen molar-refractivity contribution >= 4 is 28.2 Å². The molecular formula is C9H7F3IN3. The Morgan fingerprint density at radius 3 is 2.88 bits per heavy atom. The Morgan fingerprint density at radius 2 is 2.19 bits per heavy atom. The van der Waals surface area contributed by atoms with Crippen LogP contribution in [0, 0.1) is 5.82 Å². The molecule has 0 radical (unpaired) electrons. The van der Waals surface area contributed by atoms with E-state index in [1.807, 2.05) is 0 Å². The Labute approximate surface area is 103 Å². The molecule has 0 spiro atoms. The van der Waals surface area contributed by atoms with E-state index < -0.39 is 18.2 Å². The van der Waals surface area contributed by atoms with E-state index in [2.05, 4.69) is 10.2 Å². The molecule has 7 heteroatoms. The largest absolute Gasteiger partial charge is 0.286 e. The Bertz CT molecular complexity index is 512. The minimum atomic E-state index is -2.90. The van der Waals surface area contributed by atoms with Crippen LogP contribution in [0.25, 0.3) is 5.65 Å². The molecular weight excluding hydrogens is 334 g/mol. The van der Waals surface area contributed by atoms with E-state index in [4.69, 9.17) is 0 Å². The second-order valence-electron chi connectivity index (χ2n) is 3.41. The van der Waals surface area contributed by atoms with Crippen molar-refractivity contribution in [1.29, 1.82) is 0 Å². The lowest BCUT2D eigenvalue weighted by Gasteiger charge is -2.13. The molecule has 86 valence electrons. The van der Waals surface area contributed by atoms with Crippen LogP contribution in [-0.2, 0) is 6.42 Å². The first kappa shape index (κ1) is 11.6. The van der Waals surface area contributed by atoms with Gasteiger partial charge in [0, 0.05) is 12.6 Å². The Hall–Kier alpha value is -0.860. The van der Waals surface area contributed by atoms with Gasteiger partial charge < -0.3 is 0 Å². The maximum absolute atomic E-state index is 13.5. The van der Waals surface area contributed by atoms with E-state index in [0.29, 0.717) is 5.65 Å². The standard InChI is InChI=1S/C9H7F3IN3/c10-7-3-16-5-14-15-8(16)1-6(7)2-9(11,12)4-13/h1,3,5H,2,4H2. The molecule has 0 N–H and O–H groups in total. The van der Waals surface area contributed by atoms with Crippen LogP contribution in [0.5, 0.6) is 0 Å². The first-order valence-electron chi connectivity index (χ1n) is 4.43. The molecule has 0 saturated heterocycles. The number of hydrogen-bond donors (Lipinski definition) is 0. The molecule has 0 saturated carbocycles. The zero-order valence-electron chi connectivity index (χ0n) is 8.00. The molecule has 0 unspecified atom stereocenters. The number of nitrogens with zero attached hydrogens (tertiary/aromatic N) is 3. The van der Waals surface area contributed by atoms with E-state index in [0.717, 1.165) is 6.20 Å². The van der Waals surface area contributed by atoms with Gasteiger partial charge in [0.05, 0.1) is 4.43 Å². The zero-order valence-corrected chi connectivity index (χ0v) is 10.2. The van der Waals surface area contributed by atoms with Crippen molar-refractivity contribution in [3.63, 3.8) is 0 Å². The second kappa shape index (κ2) is 4.19. The van der Waals surface area contributed by atoms with Crippen LogP contribution in [0.3, 0.4) is 0 Å². The minimum Gasteiger partial charge on any atom is -0.286 e. The first-order chi connectivity index (χ1) is 7.52. The minimum absolute atomic E-state index is 0.0397. The van der Waals surface area contributed by atoms with E-state index in [1.54, 1.807) is 22.6 Å². The van der Waals surface area contributed by atoms with E-state index in [9.17, 15) is 13.2 Å². The highest BCUT2D eigenvalue weighted by Crippen LogP contribution is 2.24. The van der Waals surface area contributed by atoms with Gasteiger partial charge in [-0.2, -0.15) is 0 Å². The normalized spacial score (nSPS) is 12.2. The highest BCUT2D eigenvalue weighted by Gasteiger charge is 2.29. The highest BCUT2D eigenvalue weighted by atomic mass is 127. The number of rotatable bonds is 3. The van der Waals surface area contributed by atoms with Crippen LogP contribution in [0.2, 0.25) is 0 Å². The summed E-state index contributed by atoms with van der Waals surface area (Å²) in [6.45, 7) is 0. The second-order valence-corrected chi connectivity index (χ2v) is 4.17. The molecule has 0 amide bonds. The topological polar surface area (TPSA) is 30.2 Å². The molecule has 0 aliphatic carbocycles. The van der Waals surface area contributed by atoms with Crippen molar-refractivity contribution in [3.05, 3.63) is 30.0 Å². The smallest absolute Gasteiger partial charge is 0.261 e. The fourth-order valence-corrected chi connectivity index (χ4v) is 1.62. The Kier molecular flexibility index (Phi) is 3.04. The van der Waals surface area contributed by atoms with Crippen LogP contribution in [0.15, 0.2) is 18.6 Å². The van der Waals surface area contributed by atoms with Gasteiger partial charge in [0.2, 0.25) is 0 Å². The average molecular weight is 341 g/mol. The van der Waals surface area contributed by atoms with Gasteiger partial charge in [-0.1, -0.05) is 22.6 Å². The molecule has 0 fully saturated rings. The number of aromatic nitrogens is 3. The third kappa shape index (κ3) is 2.28. The molecule has 0 bridgehead atoms. The van der Waals surface area contributed by atoms with Crippen molar-refractivity contribution in [2.45, 2.75) is 12.3 Å². The number of fused-ring (bicyclic) bond motifs is 1. The van der Waals surface area contributed by atoms with Crippen LogP contribution in [0.1, 0.15) is 5.56 Å². The van der Waals surface area contributed by atoms with Gasteiger partial charge >= 0.3 is 0 Å². The molecule has 16 heavy (non-hydrogen) atoms. The first-order valence-corrected chi connectivity index (χ1v) is 5.96. The summed E-state index contributed by atoms with van der Waals surface area (Å²) in [4.78, 5) is 0. The fraction of sp³-hybridized carbons (Fsp3) is 0.333. The fourth-order valence-electron chi connectivity index (χ4n) is 1.35. The summed E-state index contributed by atoms with van der Waals surface area (Å²) in [7, 11) is 0. The SMILES string of the molecule is Fc1cn2cnnc2cc1CC(F)(F)CI. The number of halogens is 4. The molecule has 0 aromatic carbocycles. The summed E-state index contributed by atoms with van der Waals surface area (Å²) in [5.41, 5.74) is 0.322. The molecule has 0 atom stereocenters. The summed E-state index contributed by atoms with van der Waals surface area (Å²) >= 11 is 1.58. The highest BCUT2D eigenvalue weighted by molar-refractivity contribution is 14.1. The average Bonchev–Trinajstić information content (AvgIpc) is 2.65. The zero-order chi connectivity index (χ0) is 11.8. The number of pyridine rings is 1. The predicted molar refractivity (Wildman–Crippen MR) is 60.5 cm³/mol. The third-order valence-electron chi connectivity index (χ3n) is 2.11. The third-order valence-corrected chi connectivity index (χ3v) is 3.22. The van der Waals surface area contributed by atoms with Crippen molar-refractivity contribution in [2.75, 3.05) is 4.43 Å². The van der Waals surface area contributed by atoms with Gasteiger partial charge in [0.25, 0.3) is 5.92 Å². The van der Waals surface area contributed by atoms with Crippen LogP contribution in [0.4, 0.5) is 13.2 Å². The molecule has 2 heterocycles. The van der Waals surface area contributed by atoms with Gasteiger partial charge in [-0.05, 0) is 11.6 Å². The lowest BCUT2D eigenvalue weighted by molar-refractivity contribution is 0.0304. The molecule has 0 aliphatic rings. The molecule has 2 aromatic rings. The quantitative estimate of drug-likeness (QED) is 0.634. The van der Waals surface area contributed by atoms with Crippen molar-refractivity contribution in [1.82, 2.24) is 14.6 Å². The maximum Gasteiger partial charge on any atom is 0.261 e. The summed E-state index contributed by atoms with van der Waals surface area (Å²) in [6, 6.07) is 1.29. The van der Waals surface area contributed by atoms with E-state index in [-0.39, 0.29) is 9.99 Å². The van der Waals surface area contributed by atoms with Crippen LogP contribution < -0.4 is 0 Å². The predicted octanol–water partition coefficient (Wildman–Crippen LogP) is 2.48. The van der Waals surface area contributed by atoms with Gasteiger partial charge in [-0.15, -0.1) is 10.2 Å². The maximum atomic E-state index is 13.5. The van der Waals surface area contributed by atoms with Gasteiger partial charge in [-0.25, -0.2) is 13.2 Å². The Morgan fingerprint density at radius 1 is 1.44 bits per heavy atom. The molecule has 2 rings (SSSR count). The summed E-state index contributed by atoms with van der Waals surface area (Å²) < 4.78 is 40.7. The molecule has 2 aromatic heterocycles. The van der Waals surface area contributed by atoms with Crippen molar-refractivity contribution in [3.8, 4) is 0 Å². The number of alkyl halides is 3.